The lowest BCUT2D eigenvalue weighted by molar-refractivity contribution is -0.138. The van der Waals surface area contributed by atoms with Crippen LogP contribution in [0.2, 0.25) is 0 Å². The number of nitrogens with zero attached hydrogens (tertiary/aromatic N) is 6. The van der Waals surface area contributed by atoms with E-state index in [1.54, 1.807) is 27.5 Å². The largest absolute Gasteiger partial charge is 0.493 e. The molecule has 0 N–H and O–H groups in total. The van der Waals surface area contributed by atoms with Gasteiger partial charge in [0.25, 0.3) is 0 Å². The zero-order valence-electron chi connectivity index (χ0n) is 21.5. The van der Waals surface area contributed by atoms with Crippen molar-refractivity contribution in [2.75, 3.05) is 32.8 Å². The molecule has 0 saturated heterocycles. The molecule has 8 nitrogen and oxygen atoms in total. The van der Waals surface area contributed by atoms with Crippen LogP contribution in [0.15, 0.2) is 30.6 Å². The van der Waals surface area contributed by atoms with E-state index >= 15 is 0 Å². The fourth-order valence-electron chi connectivity index (χ4n) is 4.08. The summed E-state index contributed by atoms with van der Waals surface area (Å²) in [5.41, 5.74) is 0.524. The number of halogens is 3. The van der Waals surface area contributed by atoms with Crippen LogP contribution in [0.4, 0.5) is 18.0 Å². The summed E-state index contributed by atoms with van der Waals surface area (Å²) in [5.74, 6) is -0.297. The van der Waals surface area contributed by atoms with Gasteiger partial charge >= 0.3 is 12.2 Å². The Hall–Kier alpha value is -3.81. The predicted molar refractivity (Wildman–Crippen MR) is 134 cm³/mol. The van der Waals surface area contributed by atoms with E-state index in [1.165, 1.54) is 18.5 Å². The van der Waals surface area contributed by atoms with E-state index in [0.717, 1.165) is 12.5 Å². The van der Waals surface area contributed by atoms with Crippen molar-refractivity contribution >= 4 is 17.1 Å². The molecule has 3 aromatic rings. The van der Waals surface area contributed by atoms with E-state index in [-0.39, 0.29) is 35.3 Å². The molecular weight excluding hydrogens is 485 g/mol. The molecule has 2 aromatic heterocycles. The topological polar surface area (TPSA) is 87.3 Å². The Labute approximate surface area is 214 Å². The van der Waals surface area contributed by atoms with Crippen LogP contribution in [0.25, 0.3) is 22.3 Å². The molecule has 0 saturated carbocycles. The molecular formula is C26H31F3N6O2. The molecule has 0 unspecified atom stereocenters. The summed E-state index contributed by atoms with van der Waals surface area (Å²) >= 11 is 0. The van der Waals surface area contributed by atoms with Gasteiger partial charge in [-0.1, -0.05) is 6.92 Å². The maximum Gasteiger partial charge on any atom is 0.419 e. The highest BCUT2D eigenvalue weighted by atomic mass is 19.4. The number of urea groups is 1. The van der Waals surface area contributed by atoms with E-state index in [9.17, 15) is 23.2 Å². The van der Waals surface area contributed by atoms with E-state index in [0.29, 0.717) is 43.6 Å². The SMILES string of the molecule is CCCN(CC)C(=O)N(CC)CCCOc1ccc(-c2cc3c(ncn3C)c(C#N)n2)cc1C(F)(F)F. The summed E-state index contributed by atoms with van der Waals surface area (Å²) in [6.45, 7) is 7.93. The number of pyridine rings is 1. The van der Waals surface area contributed by atoms with Gasteiger partial charge in [-0.05, 0) is 51.0 Å². The summed E-state index contributed by atoms with van der Waals surface area (Å²) in [4.78, 5) is 24.5. The lowest BCUT2D eigenvalue weighted by Crippen LogP contribution is -2.44. The molecule has 11 heteroatoms. The number of benzene rings is 1. The van der Waals surface area contributed by atoms with Crippen LogP contribution in [0.3, 0.4) is 0 Å². The number of amides is 2. The Kier molecular flexibility index (Phi) is 8.97. The first-order valence-corrected chi connectivity index (χ1v) is 12.2. The van der Waals surface area contributed by atoms with Gasteiger partial charge in [0.1, 0.15) is 17.3 Å². The molecule has 0 atom stereocenters. The van der Waals surface area contributed by atoms with Crippen LogP contribution in [0.5, 0.6) is 5.75 Å². The quantitative estimate of drug-likeness (QED) is 0.334. The highest BCUT2D eigenvalue weighted by molar-refractivity contribution is 5.84. The third-order valence-electron chi connectivity index (χ3n) is 6.03. The van der Waals surface area contributed by atoms with Gasteiger partial charge in [-0.25, -0.2) is 14.8 Å². The van der Waals surface area contributed by atoms with Gasteiger partial charge < -0.3 is 19.1 Å². The summed E-state index contributed by atoms with van der Waals surface area (Å²) in [6, 6.07) is 7.21. The number of aryl methyl sites for hydroxylation is 1. The molecule has 0 aliphatic heterocycles. The van der Waals surface area contributed by atoms with Crippen LogP contribution in [-0.4, -0.2) is 63.2 Å². The zero-order valence-corrected chi connectivity index (χ0v) is 21.5. The Morgan fingerprint density at radius 2 is 1.84 bits per heavy atom. The van der Waals surface area contributed by atoms with Crippen LogP contribution in [-0.2, 0) is 13.2 Å². The average molecular weight is 517 g/mol. The number of fused-ring (bicyclic) bond motifs is 1. The molecule has 2 amide bonds. The highest BCUT2D eigenvalue weighted by Crippen LogP contribution is 2.39. The Balaban J connectivity index is 1.78. The van der Waals surface area contributed by atoms with E-state index in [1.807, 2.05) is 26.8 Å². The van der Waals surface area contributed by atoms with Crippen molar-refractivity contribution < 1.29 is 22.7 Å². The molecule has 0 radical (unpaired) electrons. The predicted octanol–water partition coefficient (Wildman–Crippen LogP) is 5.47. The van der Waals surface area contributed by atoms with Crippen molar-refractivity contribution in [3.63, 3.8) is 0 Å². The first kappa shape index (κ1) is 27.8. The minimum Gasteiger partial charge on any atom is -0.493 e. The van der Waals surface area contributed by atoms with Crippen LogP contribution in [0, 0.1) is 11.3 Å². The third kappa shape index (κ3) is 6.31. The molecule has 37 heavy (non-hydrogen) atoms. The average Bonchev–Trinajstić information content (AvgIpc) is 3.26. The van der Waals surface area contributed by atoms with Gasteiger partial charge in [-0.15, -0.1) is 0 Å². The minimum atomic E-state index is -4.66. The maximum absolute atomic E-state index is 13.9. The first-order valence-electron chi connectivity index (χ1n) is 12.2. The fourth-order valence-corrected chi connectivity index (χ4v) is 4.08. The van der Waals surface area contributed by atoms with Crippen molar-refractivity contribution in [1.82, 2.24) is 24.3 Å². The number of carbonyl (C=O) groups is 1. The second kappa shape index (κ2) is 12.0. The van der Waals surface area contributed by atoms with Gasteiger partial charge in [0.15, 0.2) is 5.69 Å². The number of hydrogen-bond donors (Lipinski definition) is 0. The van der Waals surface area contributed by atoms with Crippen molar-refractivity contribution in [1.29, 1.82) is 5.26 Å². The van der Waals surface area contributed by atoms with Crippen molar-refractivity contribution in [2.45, 2.75) is 39.8 Å². The summed E-state index contributed by atoms with van der Waals surface area (Å²) < 4.78 is 49.0. The van der Waals surface area contributed by atoms with E-state index in [4.69, 9.17) is 4.74 Å². The molecule has 0 bridgehead atoms. The number of alkyl halides is 3. The molecule has 0 spiro atoms. The number of nitriles is 1. The lowest BCUT2D eigenvalue weighted by atomic mass is 10.1. The zero-order chi connectivity index (χ0) is 27.2. The molecule has 3 rings (SSSR count). The fraction of sp³-hybridized carbons (Fsp3) is 0.462. The van der Waals surface area contributed by atoms with Gasteiger partial charge in [0.05, 0.1) is 29.7 Å². The molecule has 1 aromatic carbocycles. The van der Waals surface area contributed by atoms with Crippen LogP contribution >= 0.6 is 0 Å². The molecule has 0 fully saturated rings. The number of hydrogen-bond acceptors (Lipinski definition) is 5. The van der Waals surface area contributed by atoms with E-state index in [2.05, 4.69) is 9.97 Å². The van der Waals surface area contributed by atoms with Crippen LogP contribution in [0.1, 0.15) is 44.9 Å². The Morgan fingerprint density at radius 3 is 2.46 bits per heavy atom. The summed E-state index contributed by atoms with van der Waals surface area (Å²) in [5, 5.41) is 9.44. The Morgan fingerprint density at radius 1 is 1.14 bits per heavy atom. The van der Waals surface area contributed by atoms with Gasteiger partial charge in [-0.2, -0.15) is 18.4 Å². The summed E-state index contributed by atoms with van der Waals surface area (Å²) in [6.07, 6.45) is -1.91. The lowest BCUT2D eigenvalue weighted by Gasteiger charge is -2.29. The number of aromatic nitrogens is 3. The number of rotatable bonds is 10. The van der Waals surface area contributed by atoms with Crippen molar-refractivity contribution in [3.05, 3.63) is 41.9 Å². The number of ether oxygens (including phenoxy) is 1. The molecule has 2 heterocycles. The number of imidazole rings is 1. The van der Waals surface area contributed by atoms with Gasteiger partial charge in [-0.3, -0.25) is 0 Å². The standard InChI is InChI=1S/C26H31F3N6O2/c1-5-11-34(6-2)25(36)35(7-3)12-8-13-37-23-10-9-18(14-19(23)26(27,28)29)20-15-22-24(21(16-30)32-20)31-17-33(22)4/h9-10,14-15,17H,5-8,11-13H2,1-4H3. The van der Waals surface area contributed by atoms with E-state index < -0.39 is 11.7 Å². The first-order chi connectivity index (χ1) is 17.6. The minimum absolute atomic E-state index is 0.0178. The molecule has 198 valence electrons. The van der Waals surface area contributed by atoms with Gasteiger partial charge in [0.2, 0.25) is 0 Å². The monoisotopic (exact) mass is 516 g/mol. The smallest absolute Gasteiger partial charge is 0.419 e. The van der Waals surface area contributed by atoms with Crippen molar-refractivity contribution in [2.24, 2.45) is 7.05 Å². The summed E-state index contributed by atoms with van der Waals surface area (Å²) in [7, 11) is 1.73. The highest BCUT2D eigenvalue weighted by Gasteiger charge is 2.35. The number of carbonyl (C=O) groups excluding carboxylic acids is 1. The third-order valence-corrected chi connectivity index (χ3v) is 6.03. The molecule has 0 aliphatic carbocycles. The van der Waals surface area contributed by atoms with Crippen molar-refractivity contribution in [3.8, 4) is 23.1 Å². The second-order valence-corrected chi connectivity index (χ2v) is 8.54. The molecule has 0 aliphatic rings. The normalized spacial score (nSPS) is 11.4. The maximum atomic E-state index is 13.9. The second-order valence-electron chi connectivity index (χ2n) is 8.54. The van der Waals surface area contributed by atoms with Crippen LogP contribution < -0.4 is 4.74 Å². The van der Waals surface area contributed by atoms with Gasteiger partial charge in [0, 0.05) is 38.8 Å². The Bertz CT molecular complexity index is 1280.